The molecule has 258 valence electrons. The van der Waals surface area contributed by atoms with Crippen molar-refractivity contribution in [3.8, 4) is 17.0 Å². The number of nitrogens with one attached hydrogen (secondary N) is 2. The van der Waals surface area contributed by atoms with E-state index in [4.69, 9.17) is 9.47 Å². The predicted molar refractivity (Wildman–Crippen MR) is 176 cm³/mol. The Labute approximate surface area is 296 Å². The number of nitrogens with zero attached hydrogens (tertiary/aromatic N) is 4. The normalized spacial score (nSPS) is 17.8. The van der Waals surface area contributed by atoms with E-state index in [-0.39, 0.29) is 47.2 Å². The number of piperidine rings is 1. The fourth-order valence-corrected chi connectivity index (χ4v) is 6.04. The summed E-state index contributed by atoms with van der Waals surface area (Å²) >= 11 is 0. The molecule has 1 amide bonds. The third-order valence-electron chi connectivity index (χ3n) is 8.60. The van der Waals surface area contributed by atoms with Crippen LogP contribution < -0.4 is 39.3 Å². The van der Waals surface area contributed by atoms with E-state index in [2.05, 4.69) is 27.6 Å². The first-order valence-electron chi connectivity index (χ1n) is 15.9. The van der Waals surface area contributed by atoms with Gasteiger partial charge < -0.3 is 48.6 Å². The number of aromatic nitrogens is 3. The summed E-state index contributed by atoms with van der Waals surface area (Å²) in [7, 11) is 3.37. The lowest BCUT2D eigenvalue weighted by molar-refractivity contribution is -0.908. The van der Waals surface area contributed by atoms with Crippen molar-refractivity contribution in [3.63, 3.8) is 0 Å². The van der Waals surface area contributed by atoms with Gasteiger partial charge >= 0.3 is 5.97 Å². The molecule has 2 aromatic heterocycles. The van der Waals surface area contributed by atoms with Crippen LogP contribution in [-0.2, 0) is 16.0 Å². The van der Waals surface area contributed by atoms with Gasteiger partial charge in [0.2, 0.25) is 5.82 Å². The van der Waals surface area contributed by atoms with Crippen LogP contribution in [0.1, 0.15) is 56.5 Å². The standard InChI is InChI=1S/C35H42F2N6O4.HI/c1-7-23-18-24(41-32-33-39-20-27(42(33)15-14-38-32)26-10-11-28(46-6)31(37)30(26)36)8-9-25(23)34(45)40-19-22-12-16-43(5,17-13-22)21-29(44)47-35(2,3)4;/h8-11,14-15,18,20,22H,7,12-13,16-17,19,21H2,1-6H3,(H-,38,40,41,45);1H. The van der Waals surface area contributed by atoms with Crippen molar-refractivity contribution in [2.75, 3.05) is 45.7 Å². The number of anilines is 2. The van der Waals surface area contributed by atoms with Gasteiger partial charge in [-0.3, -0.25) is 9.20 Å². The number of halogens is 3. The van der Waals surface area contributed by atoms with Crippen LogP contribution in [0, 0.1) is 17.6 Å². The number of rotatable bonds is 10. The minimum Gasteiger partial charge on any atom is -1.00 e. The minimum absolute atomic E-state index is 0. The third-order valence-corrected chi connectivity index (χ3v) is 8.60. The van der Waals surface area contributed by atoms with Gasteiger partial charge in [0.25, 0.3) is 5.91 Å². The highest BCUT2D eigenvalue weighted by atomic mass is 127. The molecule has 48 heavy (non-hydrogen) atoms. The number of aryl methyl sites for hydroxylation is 1. The number of methoxy groups -OCH3 is 1. The first-order valence-corrected chi connectivity index (χ1v) is 15.9. The Bertz CT molecular complexity index is 1780. The Morgan fingerprint density at radius 3 is 2.48 bits per heavy atom. The van der Waals surface area contributed by atoms with Gasteiger partial charge in [-0.15, -0.1) is 0 Å². The van der Waals surface area contributed by atoms with Gasteiger partial charge in [0, 0.05) is 48.6 Å². The van der Waals surface area contributed by atoms with Crippen molar-refractivity contribution in [3.05, 3.63) is 71.7 Å². The molecule has 3 heterocycles. The lowest BCUT2D eigenvalue weighted by Crippen LogP contribution is -3.00. The molecule has 1 aliphatic rings. The van der Waals surface area contributed by atoms with Crippen molar-refractivity contribution < 1.29 is 56.3 Å². The molecular weight excluding hydrogens is 733 g/mol. The average Bonchev–Trinajstić information content (AvgIpc) is 3.45. The van der Waals surface area contributed by atoms with E-state index in [1.165, 1.54) is 25.4 Å². The summed E-state index contributed by atoms with van der Waals surface area (Å²) in [5.41, 5.74) is 2.50. The van der Waals surface area contributed by atoms with E-state index in [9.17, 15) is 18.4 Å². The number of likely N-dealkylation sites (N-methyl/N-ethyl adjacent to an activating group) is 1. The van der Waals surface area contributed by atoms with Crippen molar-refractivity contribution in [1.29, 1.82) is 0 Å². The summed E-state index contributed by atoms with van der Waals surface area (Å²) in [5, 5.41) is 6.39. The van der Waals surface area contributed by atoms with Crippen LogP contribution in [0.3, 0.4) is 0 Å². The molecular formula is C35H43F2IN6O4. The maximum Gasteiger partial charge on any atom is 0.362 e. The second-order valence-corrected chi connectivity index (χ2v) is 13.4. The number of quaternary nitrogens is 1. The SMILES string of the molecule is CCc1cc(Nc2nccn3c(-c4ccc(OC)c(F)c4F)cnc23)ccc1C(=O)NCC1CC[N+](C)(CC(=O)OC(C)(C)C)CC1.[I-]. The number of hydrogen-bond donors (Lipinski definition) is 2. The molecule has 0 unspecified atom stereocenters. The molecule has 0 spiro atoms. The zero-order chi connectivity index (χ0) is 33.9. The molecule has 0 atom stereocenters. The smallest absolute Gasteiger partial charge is 0.362 e. The van der Waals surface area contributed by atoms with Crippen LogP contribution in [0.2, 0.25) is 0 Å². The molecule has 0 bridgehead atoms. The van der Waals surface area contributed by atoms with Crippen molar-refractivity contribution in [1.82, 2.24) is 19.7 Å². The van der Waals surface area contributed by atoms with Crippen LogP contribution in [0.4, 0.5) is 20.3 Å². The summed E-state index contributed by atoms with van der Waals surface area (Å²) in [4.78, 5) is 34.5. The van der Waals surface area contributed by atoms with Crippen LogP contribution >= 0.6 is 0 Å². The van der Waals surface area contributed by atoms with Gasteiger partial charge in [-0.05, 0) is 69.0 Å². The number of likely N-dealkylation sites (tertiary alicyclic amines) is 1. The topological polar surface area (TPSA) is 107 Å². The van der Waals surface area contributed by atoms with Crippen molar-refractivity contribution in [2.24, 2.45) is 5.92 Å². The number of hydrogen-bond acceptors (Lipinski definition) is 7. The highest BCUT2D eigenvalue weighted by Crippen LogP contribution is 2.32. The summed E-state index contributed by atoms with van der Waals surface area (Å²) < 4.78 is 42.0. The molecule has 13 heteroatoms. The summed E-state index contributed by atoms with van der Waals surface area (Å²) in [5.74, 6) is -1.83. The summed E-state index contributed by atoms with van der Waals surface area (Å²) in [6, 6.07) is 8.32. The van der Waals surface area contributed by atoms with Gasteiger partial charge in [-0.1, -0.05) is 6.92 Å². The third kappa shape index (κ3) is 8.41. The number of ether oxygens (including phenoxy) is 2. The maximum absolute atomic E-state index is 14.9. The monoisotopic (exact) mass is 776 g/mol. The molecule has 1 fully saturated rings. The highest BCUT2D eigenvalue weighted by molar-refractivity contribution is 5.96. The minimum atomic E-state index is -1.07. The molecule has 2 N–H and O–H groups in total. The molecule has 0 saturated carbocycles. The van der Waals surface area contributed by atoms with E-state index >= 15 is 0 Å². The summed E-state index contributed by atoms with van der Waals surface area (Å²) in [6.07, 6.45) is 7.10. The quantitative estimate of drug-likeness (QED) is 0.145. The lowest BCUT2D eigenvalue weighted by atomic mass is 9.94. The first-order chi connectivity index (χ1) is 22.3. The van der Waals surface area contributed by atoms with Crippen molar-refractivity contribution >= 4 is 29.0 Å². The molecule has 10 nitrogen and oxygen atoms in total. The first kappa shape index (κ1) is 37.0. The maximum atomic E-state index is 14.9. The average molecular weight is 777 g/mol. The molecule has 1 aliphatic heterocycles. The molecule has 0 aliphatic carbocycles. The lowest BCUT2D eigenvalue weighted by Gasteiger charge is -2.40. The Hall–Kier alpha value is -3.85. The van der Waals surface area contributed by atoms with Gasteiger partial charge in [-0.25, -0.2) is 19.2 Å². The van der Waals surface area contributed by atoms with Gasteiger partial charge in [0.1, 0.15) is 5.60 Å². The highest BCUT2D eigenvalue weighted by Gasteiger charge is 2.34. The van der Waals surface area contributed by atoms with Crippen LogP contribution in [0.15, 0.2) is 48.9 Å². The number of esters is 1. The van der Waals surface area contributed by atoms with E-state index in [1.54, 1.807) is 22.9 Å². The van der Waals surface area contributed by atoms with E-state index in [0.717, 1.165) is 31.5 Å². The largest absolute Gasteiger partial charge is 1.00 e. The fourth-order valence-electron chi connectivity index (χ4n) is 6.04. The molecule has 5 rings (SSSR count). The molecule has 4 aromatic rings. The van der Waals surface area contributed by atoms with Crippen LogP contribution in [0.25, 0.3) is 16.9 Å². The number of benzene rings is 2. The second-order valence-electron chi connectivity index (χ2n) is 13.4. The second kappa shape index (κ2) is 15.1. The molecule has 1 saturated heterocycles. The molecule has 2 aromatic carbocycles. The van der Waals surface area contributed by atoms with Gasteiger partial charge in [-0.2, -0.15) is 4.39 Å². The summed E-state index contributed by atoms with van der Waals surface area (Å²) in [6.45, 7) is 10.2. The Morgan fingerprint density at radius 2 is 1.81 bits per heavy atom. The van der Waals surface area contributed by atoms with Crippen LogP contribution in [0.5, 0.6) is 5.75 Å². The Kier molecular flexibility index (Phi) is 11.7. The Morgan fingerprint density at radius 1 is 1.08 bits per heavy atom. The predicted octanol–water partition coefficient (Wildman–Crippen LogP) is 2.92. The zero-order valence-corrected chi connectivity index (χ0v) is 30.4. The van der Waals surface area contributed by atoms with Crippen LogP contribution in [-0.4, -0.2) is 76.7 Å². The number of fused-ring (bicyclic) bond motifs is 1. The number of carbonyl (C=O) groups is 2. The van der Waals surface area contributed by atoms with Gasteiger partial charge in [0.15, 0.2) is 29.6 Å². The number of carbonyl (C=O) groups excluding carboxylic acids is 2. The van der Waals surface area contributed by atoms with E-state index in [1.807, 2.05) is 39.8 Å². The zero-order valence-electron chi connectivity index (χ0n) is 28.2. The van der Waals surface area contributed by atoms with E-state index < -0.39 is 17.2 Å². The fraction of sp³-hybridized carbons (Fsp3) is 0.429. The number of imidazole rings is 1. The Balaban J connectivity index is 0.00000520. The van der Waals surface area contributed by atoms with Gasteiger partial charge in [0.05, 0.1) is 39.1 Å². The van der Waals surface area contributed by atoms with Crippen molar-refractivity contribution in [2.45, 2.75) is 52.6 Å². The van der Waals surface area contributed by atoms with E-state index in [0.29, 0.717) is 58.3 Å². The molecule has 0 radical (unpaired) electrons. The number of amides is 1.